The third-order valence-corrected chi connectivity index (χ3v) is 9.42. The van der Waals surface area contributed by atoms with Gasteiger partial charge in [0.25, 0.3) is 0 Å². The summed E-state index contributed by atoms with van der Waals surface area (Å²) >= 11 is 3.51. The number of halogens is 1. The van der Waals surface area contributed by atoms with Crippen LogP contribution in [0.5, 0.6) is 11.5 Å². The van der Waals surface area contributed by atoms with Crippen LogP contribution in [-0.2, 0) is 32.6 Å². The maximum atomic E-state index is 14.4. The van der Waals surface area contributed by atoms with Gasteiger partial charge in [-0.2, -0.15) is 0 Å². The highest BCUT2D eigenvalue weighted by Crippen LogP contribution is 2.34. The predicted octanol–water partition coefficient (Wildman–Crippen LogP) is 5.32. The molecule has 236 valence electrons. The lowest BCUT2D eigenvalue weighted by molar-refractivity contribution is -0.140. The van der Waals surface area contributed by atoms with Gasteiger partial charge in [-0.25, -0.2) is 8.42 Å². The number of sulfonamides is 1. The van der Waals surface area contributed by atoms with E-state index in [4.69, 9.17) is 9.47 Å². The second kappa shape index (κ2) is 15.4. The number of amides is 2. The Morgan fingerprint density at radius 2 is 1.64 bits per heavy atom. The topological polar surface area (TPSA) is 105 Å². The minimum absolute atomic E-state index is 0.0332. The molecule has 4 rings (SSSR count). The summed E-state index contributed by atoms with van der Waals surface area (Å²) in [7, 11) is -1.07. The molecule has 1 fully saturated rings. The Labute approximate surface area is 268 Å². The van der Waals surface area contributed by atoms with Gasteiger partial charge in [0.15, 0.2) is 0 Å². The van der Waals surface area contributed by atoms with Crippen molar-refractivity contribution in [1.82, 2.24) is 10.2 Å². The largest absolute Gasteiger partial charge is 0.497 e. The summed E-state index contributed by atoms with van der Waals surface area (Å²) in [5, 5.41) is 3.21. The van der Waals surface area contributed by atoms with Crippen LogP contribution in [0.2, 0.25) is 0 Å². The molecular weight excluding hydrogens is 646 g/mol. The molecular formula is C33H40BrN3O6S. The average molecular weight is 687 g/mol. The molecule has 1 N–H and O–H groups in total. The Morgan fingerprint density at radius 1 is 0.932 bits per heavy atom. The Hall–Kier alpha value is -3.57. The molecule has 0 aliphatic heterocycles. The quantitative estimate of drug-likeness (QED) is 0.261. The van der Waals surface area contributed by atoms with Gasteiger partial charge in [0, 0.05) is 29.5 Å². The van der Waals surface area contributed by atoms with E-state index in [-0.39, 0.29) is 36.4 Å². The number of rotatable bonds is 13. The number of nitrogens with zero attached hydrogens (tertiary/aromatic N) is 2. The van der Waals surface area contributed by atoms with Gasteiger partial charge in [0.1, 0.15) is 24.1 Å². The molecule has 9 nitrogen and oxygen atoms in total. The molecule has 44 heavy (non-hydrogen) atoms. The van der Waals surface area contributed by atoms with E-state index in [2.05, 4.69) is 21.2 Å². The molecule has 3 aromatic rings. The van der Waals surface area contributed by atoms with E-state index in [0.717, 1.165) is 58.3 Å². The van der Waals surface area contributed by atoms with E-state index in [0.29, 0.717) is 5.75 Å². The average Bonchev–Trinajstić information content (AvgIpc) is 3.01. The second-order valence-electron chi connectivity index (χ2n) is 11.0. The Balaban J connectivity index is 1.76. The van der Waals surface area contributed by atoms with Crippen LogP contribution in [0.1, 0.15) is 43.2 Å². The maximum absolute atomic E-state index is 14.4. The van der Waals surface area contributed by atoms with Gasteiger partial charge < -0.3 is 19.7 Å². The van der Waals surface area contributed by atoms with Crippen molar-refractivity contribution in [3.8, 4) is 11.5 Å². The molecule has 0 bridgehead atoms. The zero-order chi connectivity index (χ0) is 31.7. The first-order valence-electron chi connectivity index (χ1n) is 14.7. The fourth-order valence-corrected chi connectivity index (χ4v) is 6.81. The molecule has 3 aromatic carbocycles. The first-order valence-corrected chi connectivity index (χ1v) is 17.3. The Bertz CT molecular complexity index is 1530. The minimum atomic E-state index is -3.97. The summed E-state index contributed by atoms with van der Waals surface area (Å²) in [6.07, 6.45) is 6.31. The van der Waals surface area contributed by atoms with Crippen LogP contribution in [0.15, 0.2) is 77.3 Å². The molecule has 1 atom stereocenters. The number of benzene rings is 3. The van der Waals surface area contributed by atoms with Crippen molar-refractivity contribution in [2.75, 3.05) is 31.3 Å². The first-order chi connectivity index (χ1) is 21.1. The van der Waals surface area contributed by atoms with Crippen molar-refractivity contribution in [1.29, 1.82) is 0 Å². The van der Waals surface area contributed by atoms with Crippen molar-refractivity contribution in [2.45, 2.75) is 57.2 Å². The van der Waals surface area contributed by atoms with Crippen LogP contribution >= 0.6 is 15.9 Å². The van der Waals surface area contributed by atoms with Crippen LogP contribution in [-0.4, -0.2) is 64.2 Å². The molecule has 0 spiro atoms. The van der Waals surface area contributed by atoms with Crippen molar-refractivity contribution < 1.29 is 27.5 Å². The fourth-order valence-electron chi connectivity index (χ4n) is 5.52. The van der Waals surface area contributed by atoms with E-state index >= 15 is 0 Å². The highest BCUT2D eigenvalue weighted by atomic mass is 79.9. The second-order valence-corrected chi connectivity index (χ2v) is 13.8. The fraction of sp³-hybridized carbons (Fsp3) is 0.394. The van der Waals surface area contributed by atoms with Crippen molar-refractivity contribution in [2.24, 2.45) is 0 Å². The van der Waals surface area contributed by atoms with Crippen LogP contribution < -0.4 is 19.1 Å². The van der Waals surface area contributed by atoms with E-state index in [9.17, 15) is 18.0 Å². The molecule has 1 aliphatic rings. The number of nitrogens with one attached hydrogen (secondary N) is 1. The number of hydrogen-bond donors (Lipinski definition) is 1. The molecule has 1 saturated carbocycles. The highest BCUT2D eigenvalue weighted by molar-refractivity contribution is 9.10. The standard InChI is InChI=1S/C33H40BrN3O6S/c1-42-28-17-18-31(43-2)29(21-28)37(44(3,40)41)23-32(38)36(22-25-13-10-14-26(34)19-25)30(20-24-11-6-4-7-12-24)33(39)35-27-15-8-5-9-16-27/h4,6-7,10-14,17-19,21,27,30H,5,8-9,15-16,20,22-23H2,1-3H3,(H,35,39). The lowest BCUT2D eigenvalue weighted by Gasteiger charge is -2.35. The highest BCUT2D eigenvalue weighted by Gasteiger charge is 2.35. The summed E-state index contributed by atoms with van der Waals surface area (Å²) in [6, 6.07) is 20.9. The molecule has 0 radical (unpaired) electrons. The zero-order valence-electron chi connectivity index (χ0n) is 25.4. The molecule has 2 amide bonds. The van der Waals surface area contributed by atoms with E-state index in [1.54, 1.807) is 12.1 Å². The normalized spacial score (nSPS) is 14.4. The summed E-state index contributed by atoms with van der Waals surface area (Å²) in [4.78, 5) is 30.0. The zero-order valence-corrected chi connectivity index (χ0v) is 27.8. The summed E-state index contributed by atoms with van der Waals surface area (Å²) in [5.41, 5.74) is 1.84. The van der Waals surface area contributed by atoms with Gasteiger partial charge in [-0.3, -0.25) is 13.9 Å². The predicted molar refractivity (Wildman–Crippen MR) is 175 cm³/mol. The smallest absolute Gasteiger partial charge is 0.244 e. The summed E-state index contributed by atoms with van der Waals surface area (Å²) in [6.45, 7) is -0.445. The van der Waals surface area contributed by atoms with Gasteiger partial charge in [0.05, 0.1) is 26.2 Å². The van der Waals surface area contributed by atoms with Crippen LogP contribution in [0.25, 0.3) is 0 Å². The lowest BCUT2D eigenvalue weighted by atomic mass is 9.94. The van der Waals surface area contributed by atoms with Gasteiger partial charge in [-0.05, 0) is 48.2 Å². The van der Waals surface area contributed by atoms with E-state index in [1.165, 1.54) is 25.2 Å². The number of ether oxygens (including phenoxy) is 2. The number of carbonyl (C=O) groups excluding carboxylic acids is 2. The summed E-state index contributed by atoms with van der Waals surface area (Å²) in [5.74, 6) is -0.117. The van der Waals surface area contributed by atoms with Crippen molar-refractivity contribution in [3.63, 3.8) is 0 Å². The minimum Gasteiger partial charge on any atom is -0.497 e. The van der Waals surface area contributed by atoms with Gasteiger partial charge >= 0.3 is 0 Å². The van der Waals surface area contributed by atoms with Crippen LogP contribution in [0.4, 0.5) is 5.69 Å². The van der Waals surface area contributed by atoms with Gasteiger partial charge in [-0.15, -0.1) is 0 Å². The molecule has 1 aliphatic carbocycles. The van der Waals surface area contributed by atoms with Gasteiger partial charge in [-0.1, -0.05) is 77.7 Å². The molecule has 1 unspecified atom stereocenters. The van der Waals surface area contributed by atoms with Crippen LogP contribution in [0.3, 0.4) is 0 Å². The van der Waals surface area contributed by atoms with Crippen molar-refractivity contribution in [3.05, 3.63) is 88.4 Å². The van der Waals surface area contributed by atoms with E-state index in [1.807, 2.05) is 54.6 Å². The Morgan fingerprint density at radius 3 is 2.27 bits per heavy atom. The number of methoxy groups -OCH3 is 2. The lowest BCUT2D eigenvalue weighted by Crippen LogP contribution is -2.55. The molecule has 0 saturated heterocycles. The van der Waals surface area contributed by atoms with Crippen LogP contribution in [0, 0.1) is 0 Å². The van der Waals surface area contributed by atoms with E-state index < -0.39 is 28.5 Å². The monoisotopic (exact) mass is 685 g/mol. The third kappa shape index (κ3) is 8.98. The molecule has 0 heterocycles. The first kappa shape index (κ1) is 33.3. The summed E-state index contributed by atoms with van der Waals surface area (Å²) < 4.78 is 39.0. The number of hydrogen-bond acceptors (Lipinski definition) is 6. The third-order valence-electron chi connectivity index (χ3n) is 7.80. The number of carbonyl (C=O) groups is 2. The molecule has 0 aromatic heterocycles. The van der Waals surface area contributed by atoms with Gasteiger partial charge in [0.2, 0.25) is 21.8 Å². The SMILES string of the molecule is COc1ccc(OC)c(N(CC(=O)N(Cc2cccc(Br)c2)C(Cc2ccccc2)C(=O)NC2CCCCC2)S(C)(=O)=O)c1. The maximum Gasteiger partial charge on any atom is 0.244 e. The molecule has 11 heteroatoms. The Kier molecular flexibility index (Phi) is 11.7. The number of anilines is 1. The van der Waals surface area contributed by atoms with Crippen molar-refractivity contribution >= 4 is 43.5 Å².